The molecule has 1 aliphatic rings. The van der Waals surface area contributed by atoms with Gasteiger partial charge in [0.2, 0.25) is 0 Å². The lowest BCUT2D eigenvalue weighted by atomic mass is 9.95. The Balaban J connectivity index is 1.70. The molecule has 0 atom stereocenters. The molecule has 6 heteroatoms. The predicted octanol–water partition coefficient (Wildman–Crippen LogP) is 3.02. The van der Waals surface area contributed by atoms with Crippen molar-refractivity contribution in [1.82, 2.24) is 9.55 Å². The number of nitrogens with zero attached hydrogens (tertiary/aromatic N) is 3. The highest BCUT2D eigenvalue weighted by atomic mass is 16.5. The molecule has 154 valence electrons. The second-order valence-electron chi connectivity index (χ2n) is 7.62. The number of ketones is 1. The Hall–Kier alpha value is -3.25. The minimum Gasteiger partial charge on any atom is -0.378 e. The molecule has 6 nitrogen and oxygen atoms in total. The SMILES string of the molecule is Cc1ccc(C(=O)Cc2cccnc2)cc1-c1cc(N2CCOCC2)c(=O)n(C)c1. The Bertz CT molecular complexity index is 1120. The third kappa shape index (κ3) is 4.19. The van der Waals surface area contributed by atoms with Crippen LogP contribution in [-0.4, -0.2) is 41.6 Å². The van der Waals surface area contributed by atoms with Crippen molar-refractivity contribution in [2.24, 2.45) is 7.05 Å². The number of pyridine rings is 2. The Kier molecular flexibility index (Phi) is 5.77. The molecule has 1 aromatic carbocycles. The van der Waals surface area contributed by atoms with E-state index in [4.69, 9.17) is 4.74 Å². The summed E-state index contributed by atoms with van der Waals surface area (Å²) in [6.45, 7) is 4.64. The van der Waals surface area contributed by atoms with Crippen molar-refractivity contribution in [2.75, 3.05) is 31.2 Å². The molecular weight excluding hydrogens is 378 g/mol. The van der Waals surface area contributed by atoms with Crippen molar-refractivity contribution < 1.29 is 9.53 Å². The topological polar surface area (TPSA) is 64.4 Å². The lowest BCUT2D eigenvalue weighted by Crippen LogP contribution is -2.40. The molecule has 4 rings (SSSR count). The number of benzene rings is 1. The summed E-state index contributed by atoms with van der Waals surface area (Å²) in [5, 5.41) is 0. The highest BCUT2D eigenvalue weighted by molar-refractivity contribution is 5.98. The van der Waals surface area contributed by atoms with E-state index in [1.54, 1.807) is 24.0 Å². The number of anilines is 1. The molecule has 0 unspecified atom stereocenters. The Morgan fingerprint density at radius 1 is 1.17 bits per heavy atom. The summed E-state index contributed by atoms with van der Waals surface area (Å²) in [4.78, 5) is 31.7. The van der Waals surface area contributed by atoms with Gasteiger partial charge in [-0.25, -0.2) is 0 Å². The van der Waals surface area contributed by atoms with Gasteiger partial charge in [-0.15, -0.1) is 0 Å². The summed E-state index contributed by atoms with van der Waals surface area (Å²) in [5.74, 6) is 0.0440. The van der Waals surface area contributed by atoms with Crippen molar-refractivity contribution in [2.45, 2.75) is 13.3 Å². The molecule has 0 aliphatic carbocycles. The number of ether oxygens (including phenoxy) is 1. The maximum atomic E-state index is 12.8. The fourth-order valence-corrected chi connectivity index (χ4v) is 3.77. The third-order valence-corrected chi connectivity index (χ3v) is 5.47. The number of rotatable bonds is 5. The predicted molar refractivity (Wildman–Crippen MR) is 117 cm³/mol. The first-order valence-corrected chi connectivity index (χ1v) is 10.1. The van der Waals surface area contributed by atoms with Gasteiger partial charge < -0.3 is 14.2 Å². The molecule has 0 amide bonds. The summed E-state index contributed by atoms with van der Waals surface area (Å²) in [5.41, 5.74) is 5.12. The first kappa shape index (κ1) is 20.0. The molecule has 3 aromatic rings. The maximum absolute atomic E-state index is 12.8. The number of Topliss-reactive ketones (excluding diaryl/α,β-unsaturated/α-hetero) is 1. The standard InChI is InChI=1S/C24H25N3O3/c1-17-5-6-19(23(28)12-18-4-3-7-25-15-18)13-21(17)20-14-22(24(29)26(2)16-20)27-8-10-30-11-9-27/h3-7,13-16H,8-12H2,1-2H3. The van der Waals surface area contributed by atoms with Gasteiger partial charge in [0.25, 0.3) is 5.56 Å². The zero-order valence-corrected chi connectivity index (χ0v) is 17.3. The molecule has 1 fully saturated rings. The van der Waals surface area contributed by atoms with Gasteiger partial charge in [-0.2, -0.15) is 0 Å². The highest BCUT2D eigenvalue weighted by Crippen LogP contribution is 2.27. The van der Waals surface area contributed by atoms with Crippen molar-refractivity contribution in [3.8, 4) is 11.1 Å². The van der Waals surface area contributed by atoms with E-state index in [1.165, 1.54) is 0 Å². The number of carbonyl (C=O) groups is 1. The van der Waals surface area contributed by atoms with Gasteiger partial charge in [0.1, 0.15) is 5.69 Å². The Morgan fingerprint density at radius 3 is 2.70 bits per heavy atom. The van der Waals surface area contributed by atoms with Crippen LogP contribution in [0.2, 0.25) is 0 Å². The van der Waals surface area contributed by atoms with Gasteiger partial charge in [0, 0.05) is 56.3 Å². The summed E-state index contributed by atoms with van der Waals surface area (Å²) < 4.78 is 7.04. The number of hydrogen-bond acceptors (Lipinski definition) is 5. The molecule has 0 saturated carbocycles. The molecule has 0 bridgehead atoms. The van der Waals surface area contributed by atoms with Crippen LogP contribution in [0.3, 0.4) is 0 Å². The van der Waals surface area contributed by atoms with Gasteiger partial charge >= 0.3 is 0 Å². The van der Waals surface area contributed by atoms with E-state index in [2.05, 4.69) is 9.88 Å². The minimum atomic E-state index is -0.0258. The molecule has 0 spiro atoms. The van der Waals surface area contributed by atoms with Gasteiger partial charge in [-0.05, 0) is 41.8 Å². The molecule has 30 heavy (non-hydrogen) atoms. The molecule has 0 radical (unpaired) electrons. The largest absolute Gasteiger partial charge is 0.378 e. The first-order chi connectivity index (χ1) is 14.5. The van der Waals surface area contributed by atoms with Crippen LogP contribution in [0, 0.1) is 6.92 Å². The van der Waals surface area contributed by atoms with Gasteiger partial charge in [0.15, 0.2) is 5.78 Å². The molecular formula is C24H25N3O3. The zero-order chi connectivity index (χ0) is 21.1. The van der Waals surface area contributed by atoms with Gasteiger partial charge in [-0.3, -0.25) is 14.6 Å². The van der Waals surface area contributed by atoms with Crippen LogP contribution in [0.1, 0.15) is 21.5 Å². The second-order valence-corrected chi connectivity index (χ2v) is 7.62. The summed E-state index contributed by atoms with van der Waals surface area (Å²) >= 11 is 0. The highest BCUT2D eigenvalue weighted by Gasteiger charge is 2.18. The van der Waals surface area contributed by atoms with Crippen LogP contribution in [0.5, 0.6) is 0 Å². The number of aromatic nitrogens is 2. The van der Waals surface area contributed by atoms with E-state index in [-0.39, 0.29) is 11.3 Å². The molecule has 2 aromatic heterocycles. The molecule has 0 N–H and O–H groups in total. The van der Waals surface area contributed by atoms with Crippen molar-refractivity contribution in [1.29, 1.82) is 0 Å². The van der Waals surface area contributed by atoms with E-state index in [0.29, 0.717) is 44.0 Å². The molecule has 1 saturated heterocycles. The Labute approximate surface area is 175 Å². The van der Waals surface area contributed by atoms with Crippen LogP contribution < -0.4 is 10.5 Å². The van der Waals surface area contributed by atoms with E-state index in [1.807, 2.05) is 49.5 Å². The number of aryl methyl sites for hydroxylation is 2. The van der Waals surface area contributed by atoms with Crippen molar-refractivity contribution in [3.05, 3.63) is 82.0 Å². The van der Waals surface area contributed by atoms with Crippen LogP contribution in [0.15, 0.2) is 59.8 Å². The van der Waals surface area contributed by atoms with Crippen LogP contribution in [0.4, 0.5) is 5.69 Å². The number of hydrogen-bond donors (Lipinski definition) is 0. The third-order valence-electron chi connectivity index (χ3n) is 5.47. The van der Waals surface area contributed by atoms with E-state index in [0.717, 1.165) is 22.3 Å². The van der Waals surface area contributed by atoms with Crippen LogP contribution in [0.25, 0.3) is 11.1 Å². The van der Waals surface area contributed by atoms with Gasteiger partial charge in [0.05, 0.1) is 13.2 Å². The number of carbonyl (C=O) groups excluding carboxylic acids is 1. The van der Waals surface area contributed by atoms with Crippen molar-refractivity contribution in [3.63, 3.8) is 0 Å². The smallest absolute Gasteiger partial charge is 0.273 e. The fourth-order valence-electron chi connectivity index (χ4n) is 3.77. The fraction of sp³-hybridized carbons (Fsp3) is 0.292. The first-order valence-electron chi connectivity index (χ1n) is 10.1. The van der Waals surface area contributed by atoms with Crippen molar-refractivity contribution >= 4 is 11.5 Å². The number of morpholine rings is 1. The average Bonchev–Trinajstić information content (AvgIpc) is 2.77. The van der Waals surface area contributed by atoms with Crippen LogP contribution >= 0.6 is 0 Å². The molecule has 3 heterocycles. The summed E-state index contributed by atoms with van der Waals surface area (Å²) in [6.07, 6.45) is 5.56. The quantitative estimate of drug-likeness (QED) is 0.613. The monoisotopic (exact) mass is 403 g/mol. The zero-order valence-electron chi connectivity index (χ0n) is 17.3. The van der Waals surface area contributed by atoms with E-state index < -0.39 is 0 Å². The minimum absolute atomic E-state index is 0.0258. The van der Waals surface area contributed by atoms with E-state index >= 15 is 0 Å². The maximum Gasteiger partial charge on any atom is 0.273 e. The Morgan fingerprint density at radius 2 is 1.97 bits per heavy atom. The van der Waals surface area contributed by atoms with E-state index in [9.17, 15) is 9.59 Å². The summed E-state index contributed by atoms with van der Waals surface area (Å²) in [7, 11) is 1.77. The summed E-state index contributed by atoms with van der Waals surface area (Å²) in [6, 6.07) is 11.4. The lowest BCUT2D eigenvalue weighted by molar-refractivity contribution is 0.0993. The normalized spacial score (nSPS) is 14.0. The van der Waals surface area contributed by atoms with Crippen LogP contribution in [-0.2, 0) is 18.2 Å². The lowest BCUT2D eigenvalue weighted by Gasteiger charge is -2.29. The molecule has 1 aliphatic heterocycles. The average molecular weight is 403 g/mol. The second kappa shape index (κ2) is 8.63. The van der Waals surface area contributed by atoms with Gasteiger partial charge in [-0.1, -0.05) is 18.2 Å².